The number of nitrogens with one attached hydrogen (secondary N) is 2. The van der Waals surface area contributed by atoms with Gasteiger partial charge in [-0.2, -0.15) is 0 Å². The van der Waals surface area contributed by atoms with Crippen molar-refractivity contribution in [3.63, 3.8) is 0 Å². The summed E-state index contributed by atoms with van der Waals surface area (Å²) in [5.41, 5.74) is 0. The molecule has 0 amide bonds. The summed E-state index contributed by atoms with van der Waals surface area (Å²) in [5, 5.41) is 8.37. The first-order valence-corrected chi connectivity index (χ1v) is 7.40. The molecular formula is C12H15BrN4OS. The fourth-order valence-corrected chi connectivity index (χ4v) is 2.92. The van der Waals surface area contributed by atoms with Gasteiger partial charge in [-0.25, -0.2) is 9.97 Å². The zero-order chi connectivity index (χ0) is 13.7. The van der Waals surface area contributed by atoms with Crippen molar-refractivity contribution in [2.24, 2.45) is 0 Å². The van der Waals surface area contributed by atoms with Gasteiger partial charge in [-0.15, -0.1) is 11.3 Å². The summed E-state index contributed by atoms with van der Waals surface area (Å²) in [6.45, 7) is 1.14. The largest absolute Gasteiger partial charge is 0.377 e. The van der Waals surface area contributed by atoms with Crippen LogP contribution in [0.3, 0.4) is 0 Å². The smallest absolute Gasteiger partial charge is 0.158 e. The molecule has 5 nitrogen and oxygen atoms in total. The van der Waals surface area contributed by atoms with Crippen LogP contribution in [0.15, 0.2) is 22.0 Å². The first-order valence-electron chi connectivity index (χ1n) is 5.72. The molecule has 2 heterocycles. The fraction of sp³-hybridized carbons (Fsp3) is 0.333. The molecule has 0 aromatic carbocycles. The lowest BCUT2D eigenvalue weighted by atomic mass is 10.4. The van der Waals surface area contributed by atoms with Crippen molar-refractivity contribution in [3.8, 4) is 0 Å². The molecule has 0 saturated carbocycles. The van der Waals surface area contributed by atoms with Crippen LogP contribution >= 0.6 is 27.3 Å². The molecule has 0 aliphatic rings. The van der Waals surface area contributed by atoms with Crippen molar-refractivity contribution in [1.29, 1.82) is 0 Å². The van der Waals surface area contributed by atoms with E-state index in [0.29, 0.717) is 12.4 Å². The first-order chi connectivity index (χ1) is 9.21. The van der Waals surface area contributed by atoms with Crippen LogP contribution in [0.4, 0.5) is 11.6 Å². The Hall–Kier alpha value is -1.18. The van der Waals surface area contributed by atoms with E-state index in [1.165, 1.54) is 4.88 Å². The van der Waals surface area contributed by atoms with E-state index in [0.717, 1.165) is 22.7 Å². The highest BCUT2D eigenvalue weighted by Crippen LogP contribution is 2.21. The Morgan fingerprint density at radius 3 is 2.74 bits per heavy atom. The van der Waals surface area contributed by atoms with Gasteiger partial charge in [0.2, 0.25) is 0 Å². The first kappa shape index (κ1) is 14.2. The third-order valence-electron chi connectivity index (χ3n) is 2.37. The maximum absolute atomic E-state index is 5.06. The molecule has 19 heavy (non-hydrogen) atoms. The third kappa shape index (κ3) is 4.15. The summed E-state index contributed by atoms with van der Waals surface area (Å²) in [4.78, 5) is 9.95. The highest BCUT2D eigenvalue weighted by atomic mass is 79.9. The number of aromatic nitrogens is 2. The van der Waals surface area contributed by atoms with E-state index in [2.05, 4.69) is 48.0 Å². The number of methoxy groups -OCH3 is 1. The Kier molecular flexibility index (Phi) is 5.12. The molecule has 0 saturated heterocycles. The number of nitrogens with zero attached hydrogens (tertiary/aromatic N) is 2. The Bertz CT molecular complexity index is 546. The molecule has 0 unspecified atom stereocenters. The second-order valence-corrected chi connectivity index (χ2v) is 5.73. The van der Waals surface area contributed by atoms with E-state index < -0.39 is 0 Å². The minimum atomic E-state index is 0.398. The standard InChI is InChI=1S/C12H15BrN4OS/c1-14-10-4-11(17-12(16-10)6-18-2)15-5-9-3-8(13)7-19-9/h3-4,7H,5-6H2,1-2H3,(H2,14,15,16,17). The lowest BCUT2D eigenvalue weighted by molar-refractivity contribution is 0.178. The highest BCUT2D eigenvalue weighted by Gasteiger charge is 2.04. The Morgan fingerprint density at radius 1 is 1.32 bits per heavy atom. The highest BCUT2D eigenvalue weighted by molar-refractivity contribution is 9.10. The predicted octanol–water partition coefficient (Wildman–Crippen LogP) is 3.10. The molecule has 2 aromatic rings. The van der Waals surface area contributed by atoms with Crippen molar-refractivity contribution < 1.29 is 4.74 Å². The number of thiophene rings is 1. The van der Waals surface area contributed by atoms with Gasteiger partial charge >= 0.3 is 0 Å². The number of hydrogen-bond acceptors (Lipinski definition) is 6. The summed E-state index contributed by atoms with van der Waals surface area (Å²) in [6.07, 6.45) is 0. The predicted molar refractivity (Wildman–Crippen MR) is 81.6 cm³/mol. The summed E-state index contributed by atoms with van der Waals surface area (Å²) in [7, 11) is 3.46. The van der Waals surface area contributed by atoms with Gasteiger partial charge in [0, 0.05) is 35.0 Å². The lowest BCUT2D eigenvalue weighted by Crippen LogP contribution is -2.06. The molecule has 0 fully saturated rings. The molecule has 0 aliphatic heterocycles. The van der Waals surface area contributed by atoms with Crippen LogP contribution in [0.5, 0.6) is 0 Å². The monoisotopic (exact) mass is 342 g/mol. The molecular weight excluding hydrogens is 328 g/mol. The molecule has 0 bridgehead atoms. The van der Waals surface area contributed by atoms with Gasteiger partial charge in [0.05, 0.1) is 6.54 Å². The Labute approximate surface area is 124 Å². The lowest BCUT2D eigenvalue weighted by Gasteiger charge is -2.08. The molecule has 2 rings (SSSR count). The van der Waals surface area contributed by atoms with Crippen LogP contribution in [-0.2, 0) is 17.9 Å². The summed E-state index contributed by atoms with van der Waals surface area (Å²) in [5.74, 6) is 2.22. The summed E-state index contributed by atoms with van der Waals surface area (Å²) < 4.78 is 6.17. The summed E-state index contributed by atoms with van der Waals surface area (Å²) in [6, 6.07) is 3.97. The van der Waals surface area contributed by atoms with Crippen LogP contribution in [0, 0.1) is 0 Å². The third-order valence-corrected chi connectivity index (χ3v) is 4.07. The van der Waals surface area contributed by atoms with Crippen LogP contribution in [0.2, 0.25) is 0 Å². The van der Waals surface area contributed by atoms with Gasteiger partial charge in [0.25, 0.3) is 0 Å². The Balaban J connectivity index is 2.08. The molecule has 102 valence electrons. The number of rotatable bonds is 6. The molecule has 0 atom stereocenters. The second kappa shape index (κ2) is 6.83. The summed E-state index contributed by atoms with van der Waals surface area (Å²) >= 11 is 5.14. The quantitative estimate of drug-likeness (QED) is 0.844. The van der Waals surface area contributed by atoms with Crippen LogP contribution in [0.1, 0.15) is 10.7 Å². The van der Waals surface area contributed by atoms with Gasteiger partial charge in [-0.3, -0.25) is 0 Å². The molecule has 0 radical (unpaired) electrons. The van der Waals surface area contributed by atoms with Gasteiger partial charge in [0.15, 0.2) is 5.82 Å². The number of ether oxygens (including phenoxy) is 1. The van der Waals surface area contributed by atoms with Gasteiger partial charge in [0.1, 0.15) is 18.2 Å². The van der Waals surface area contributed by atoms with Crippen LogP contribution < -0.4 is 10.6 Å². The topological polar surface area (TPSA) is 59.1 Å². The number of hydrogen-bond donors (Lipinski definition) is 2. The molecule has 0 aliphatic carbocycles. The molecule has 2 N–H and O–H groups in total. The molecule has 2 aromatic heterocycles. The maximum atomic E-state index is 5.06. The van der Waals surface area contributed by atoms with Crippen LogP contribution in [0.25, 0.3) is 0 Å². The van der Waals surface area contributed by atoms with E-state index in [-0.39, 0.29) is 0 Å². The average molecular weight is 343 g/mol. The van der Waals surface area contributed by atoms with E-state index in [1.807, 2.05) is 13.1 Å². The second-order valence-electron chi connectivity index (χ2n) is 3.82. The normalized spacial score (nSPS) is 10.5. The van der Waals surface area contributed by atoms with E-state index in [9.17, 15) is 0 Å². The SMILES string of the molecule is CNc1cc(NCc2cc(Br)cs2)nc(COC)n1. The van der Waals surface area contributed by atoms with Crippen molar-refractivity contribution in [2.75, 3.05) is 24.8 Å². The zero-order valence-corrected chi connectivity index (χ0v) is 13.1. The average Bonchev–Trinajstić information content (AvgIpc) is 2.82. The van der Waals surface area contributed by atoms with Crippen molar-refractivity contribution in [2.45, 2.75) is 13.2 Å². The number of halogens is 1. The minimum absolute atomic E-state index is 0.398. The fourth-order valence-electron chi connectivity index (χ4n) is 1.53. The molecule has 0 spiro atoms. The maximum Gasteiger partial charge on any atom is 0.158 e. The van der Waals surface area contributed by atoms with E-state index >= 15 is 0 Å². The van der Waals surface area contributed by atoms with Gasteiger partial charge in [-0.1, -0.05) is 0 Å². The van der Waals surface area contributed by atoms with Crippen molar-refractivity contribution >= 4 is 38.9 Å². The minimum Gasteiger partial charge on any atom is -0.377 e. The molecule has 7 heteroatoms. The van der Waals surface area contributed by atoms with Gasteiger partial charge < -0.3 is 15.4 Å². The Morgan fingerprint density at radius 2 is 2.11 bits per heavy atom. The van der Waals surface area contributed by atoms with Gasteiger partial charge in [-0.05, 0) is 22.0 Å². The van der Waals surface area contributed by atoms with Crippen molar-refractivity contribution in [1.82, 2.24) is 9.97 Å². The van der Waals surface area contributed by atoms with E-state index in [4.69, 9.17) is 4.74 Å². The van der Waals surface area contributed by atoms with Crippen molar-refractivity contribution in [3.05, 3.63) is 32.7 Å². The zero-order valence-electron chi connectivity index (χ0n) is 10.7. The van der Waals surface area contributed by atoms with Crippen LogP contribution in [-0.4, -0.2) is 24.1 Å². The number of anilines is 2. The van der Waals surface area contributed by atoms with E-state index in [1.54, 1.807) is 18.4 Å².